The smallest absolute Gasteiger partial charge is 0.409 e. The molecule has 3 heterocycles. The van der Waals surface area contributed by atoms with Gasteiger partial charge in [-0.3, -0.25) is 10.1 Å². The van der Waals surface area contributed by atoms with Gasteiger partial charge in [0.15, 0.2) is 5.72 Å². The molecule has 4 bridgehead atoms. The number of fused-ring (bicyclic) bond motifs is 5. The van der Waals surface area contributed by atoms with E-state index in [1.165, 1.54) is 25.2 Å². The molecule has 2 saturated heterocycles. The van der Waals surface area contributed by atoms with E-state index in [9.17, 15) is 14.7 Å². The number of allylic oxidation sites excluding steroid dienone is 3. The number of likely N-dealkylation sites (N-methyl/N-ethyl adjacent to an activating group) is 1. The quantitative estimate of drug-likeness (QED) is 0.541. The summed E-state index contributed by atoms with van der Waals surface area (Å²) in [7, 11) is 4.66. The van der Waals surface area contributed by atoms with Gasteiger partial charge in [0.05, 0.1) is 18.9 Å². The lowest BCUT2D eigenvalue weighted by atomic mass is 9.85. The zero-order valence-corrected chi connectivity index (χ0v) is 23.2. The molecular formula is C28H35ClN2O7. The minimum atomic E-state index is -1.68. The number of alkyl carbamates (subject to hydrolysis) is 1. The molecule has 1 aromatic carbocycles. The highest BCUT2D eigenvalue weighted by Crippen LogP contribution is 2.46. The first-order chi connectivity index (χ1) is 17.9. The number of hydrogen-bond acceptors (Lipinski definition) is 7. The number of carbonyl (C=O) groups is 2. The summed E-state index contributed by atoms with van der Waals surface area (Å²) in [5.41, 5.74) is 0.00882. The number of hydrogen-bond donors (Lipinski definition) is 2. The minimum absolute atomic E-state index is 0.0941. The van der Waals surface area contributed by atoms with Crippen LogP contribution in [0.5, 0.6) is 5.75 Å². The SMILES string of the molecule is COc1cc2cc(c1Cl)N(C)C(=O)/C=C/[C@]1(C)O[C@H]1[C@H](C)[C@@H]1C[C@@](O)(NC(=O)O1)[C@H](OC)/C=C/C=C(\C)C2. The van der Waals surface area contributed by atoms with E-state index in [1.807, 2.05) is 39.0 Å². The van der Waals surface area contributed by atoms with Gasteiger partial charge in [0, 0.05) is 32.6 Å². The first-order valence-corrected chi connectivity index (χ1v) is 12.9. The number of halogens is 1. The van der Waals surface area contributed by atoms with E-state index in [0.717, 1.165) is 11.1 Å². The zero-order valence-electron chi connectivity index (χ0n) is 22.5. The van der Waals surface area contributed by atoms with Gasteiger partial charge < -0.3 is 29.0 Å². The Morgan fingerprint density at radius 2 is 2.00 bits per heavy atom. The fraction of sp³-hybridized carbons (Fsp3) is 0.500. The van der Waals surface area contributed by atoms with Crippen molar-refractivity contribution in [3.8, 4) is 5.75 Å². The lowest BCUT2D eigenvalue weighted by molar-refractivity contribution is -0.142. The lowest BCUT2D eigenvalue weighted by Gasteiger charge is -2.42. The van der Waals surface area contributed by atoms with E-state index in [4.69, 9.17) is 30.5 Å². The van der Waals surface area contributed by atoms with Crippen LogP contribution in [0.2, 0.25) is 5.02 Å². The van der Waals surface area contributed by atoms with Crippen molar-refractivity contribution in [3.05, 3.63) is 58.7 Å². The van der Waals surface area contributed by atoms with Crippen LogP contribution in [-0.4, -0.2) is 68.0 Å². The number of aliphatic hydroxyl groups is 1. The van der Waals surface area contributed by atoms with Crippen molar-refractivity contribution in [2.24, 2.45) is 5.92 Å². The molecule has 206 valence electrons. The molecule has 3 aliphatic heterocycles. The van der Waals surface area contributed by atoms with Gasteiger partial charge in [-0.25, -0.2) is 4.79 Å². The number of epoxide rings is 1. The molecule has 10 heteroatoms. The normalized spacial score (nSPS) is 36.7. The van der Waals surface area contributed by atoms with Gasteiger partial charge in [0.1, 0.15) is 28.6 Å². The van der Waals surface area contributed by atoms with E-state index in [1.54, 1.807) is 25.3 Å². The van der Waals surface area contributed by atoms with Gasteiger partial charge in [-0.15, -0.1) is 0 Å². The van der Waals surface area contributed by atoms with Gasteiger partial charge in [0.2, 0.25) is 0 Å². The number of ether oxygens (including phenoxy) is 4. The largest absolute Gasteiger partial charge is 0.495 e. The van der Waals surface area contributed by atoms with Crippen LogP contribution >= 0.6 is 11.6 Å². The molecule has 38 heavy (non-hydrogen) atoms. The van der Waals surface area contributed by atoms with Crippen molar-refractivity contribution in [2.75, 3.05) is 26.2 Å². The molecule has 2 amide bonds. The molecule has 6 atom stereocenters. The molecule has 3 aliphatic rings. The van der Waals surface area contributed by atoms with E-state index < -0.39 is 29.6 Å². The van der Waals surface area contributed by atoms with Crippen molar-refractivity contribution in [1.29, 1.82) is 0 Å². The summed E-state index contributed by atoms with van der Waals surface area (Å²) in [5.74, 6) is -0.0859. The topological polar surface area (TPSA) is 110 Å². The Labute approximate surface area is 228 Å². The zero-order chi connectivity index (χ0) is 27.8. The highest BCUT2D eigenvalue weighted by Gasteiger charge is 2.58. The summed E-state index contributed by atoms with van der Waals surface area (Å²) in [4.78, 5) is 27.0. The number of anilines is 1. The van der Waals surface area contributed by atoms with Crippen LogP contribution in [0.3, 0.4) is 0 Å². The van der Waals surface area contributed by atoms with Gasteiger partial charge in [-0.05, 0) is 44.0 Å². The maximum absolute atomic E-state index is 13.1. The first kappa shape index (κ1) is 28.2. The van der Waals surface area contributed by atoms with Crippen LogP contribution in [0, 0.1) is 5.92 Å². The van der Waals surface area contributed by atoms with Crippen molar-refractivity contribution < 1.29 is 33.6 Å². The van der Waals surface area contributed by atoms with Crippen molar-refractivity contribution >= 4 is 29.3 Å². The number of methoxy groups -OCH3 is 2. The average molecular weight is 547 g/mol. The Morgan fingerprint density at radius 1 is 1.26 bits per heavy atom. The molecule has 0 aliphatic carbocycles. The van der Waals surface area contributed by atoms with Crippen LogP contribution in [0.25, 0.3) is 0 Å². The summed E-state index contributed by atoms with van der Waals surface area (Å²) in [6.45, 7) is 5.72. The fourth-order valence-corrected chi connectivity index (χ4v) is 5.47. The van der Waals surface area contributed by atoms with Gasteiger partial charge >= 0.3 is 6.09 Å². The van der Waals surface area contributed by atoms with Crippen molar-refractivity contribution in [2.45, 2.75) is 63.3 Å². The average Bonchev–Trinajstić information content (AvgIpc) is 3.55. The maximum Gasteiger partial charge on any atom is 0.409 e. The molecule has 0 aromatic heterocycles. The van der Waals surface area contributed by atoms with Crippen molar-refractivity contribution in [3.63, 3.8) is 0 Å². The fourth-order valence-electron chi connectivity index (χ4n) is 5.16. The predicted molar refractivity (Wildman–Crippen MR) is 143 cm³/mol. The Kier molecular flexibility index (Phi) is 7.95. The molecule has 0 radical (unpaired) electrons. The number of nitrogens with one attached hydrogen (secondary N) is 1. The Hall–Kier alpha value is -2.85. The Balaban J connectivity index is 1.75. The summed E-state index contributed by atoms with van der Waals surface area (Å²) in [6.07, 6.45) is 6.68. The van der Waals surface area contributed by atoms with Gasteiger partial charge in [0.25, 0.3) is 5.91 Å². The molecule has 2 N–H and O–H groups in total. The summed E-state index contributed by atoms with van der Waals surface area (Å²) in [6, 6.07) is 3.70. The lowest BCUT2D eigenvalue weighted by Crippen LogP contribution is -2.63. The standard InChI is InChI=1S/C28H35ClN2O7/c1-16-8-7-9-22(36-6)28(34)15-21(37-26(33)30-28)17(2)25-27(3,38-25)11-10-23(32)31(4)19-13-18(12-16)14-20(35-5)24(19)29/h7-11,13-14,17,21-22,25,34H,12,15H2,1-6H3,(H,30,33)/b9-7+,11-10+,16-8+/t17-,21+,22-,25+,27+,28+/m1/s1. The van der Waals surface area contributed by atoms with Crippen LogP contribution in [-0.2, 0) is 25.4 Å². The molecule has 0 unspecified atom stereocenters. The summed E-state index contributed by atoms with van der Waals surface area (Å²) in [5, 5.41) is 14.3. The number of amides is 2. The number of rotatable bonds is 2. The third-order valence-electron chi connectivity index (χ3n) is 7.46. The highest BCUT2D eigenvalue weighted by atomic mass is 35.5. The van der Waals surface area contributed by atoms with E-state index in [-0.39, 0.29) is 24.3 Å². The molecular weight excluding hydrogens is 512 g/mol. The predicted octanol–water partition coefficient (Wildman–Crippen LogP) is 3.92. The van der Waals surface area contributed by atoms with E-state index in [2.05, 4.69) is 5.32 Å². The van der Waals surface area contributed by atoms with Crippen molar-refractivity contribution in [1.82, 2.24) is 5.32 Å². The summed E-state index contributed by atoms with van der Waals surface area (Å²) < 4.78 is 22.5. The Morgan fingerprint density at radius 3 is 2.68 bits per heavy atom. The van der Waals surface area contributed by atoms with Crippen LogP contribution < -0.4 is 15.0 Å². The van der Waals surface area contributed by atoms with E-state index >= 15 is 0 Å². The highest BCUT2D eigenvalue weighted by molar-refractivity contribution is 6.35. The third kappa shape index (κ3) is 5.61. The monoisotopic (exact) mass is 546 g/mol. The van der Waals surface area contributed by atoms with Crippen LogP contribution in [0.4, 0.5) is 10.5 Å². The number of carbonyl (C=O) groups excluding carboxylic acids is 2. The van der Waals surface area contributed by atoms with Crippen LogP contribution in [0.1, 0.15) is 32.8 Å². The number of nitrogens with zero attached hydrogens (tertiary/aromatic N) is 1. The third-order valence-corrected chi connectivity index (χ3v) is 7.84. The van der Waals surface area contributed by atoms with Gasteiger partial charge in [-0.1, -0.05) is 42.3 Å². The molecule has 9 nitrogen and oxygen atoms in total. The Bertz CT molecular complexity index is 1200. The molecule has 0 saturated carbocycles. The first-order valence-electron chi connectivity index (χ1n) is 12.5. The van der Waals surface area contributed by atoms with Crippen LogP contribution in [0.15, 0.2) is 48.1 Å². The second kappa shape index (κ2) is 10.7. The molecule has 4 rings (SSSR count). The van der Waals surface area contributed by atoms with Gasteiger partial charge in [-0.2, -0.15) is 0 Å². The maximum atomic E-state index is 13.1. The molecule has 2 fully saturated rings. The summed E-state index contributed by atoms with van der Waals surface area (Å²) >= 11 is 6.58. The minimum Gasteiger partial charge on any atom is -0.495 e. The van der Waals surface area contributed by atoms with E-state index in [0.29, 0.717) is 22.9 Å². The number of benzene rings is 1. The molecule has 1 aromatic rings. The molecule has 0 spiro atoms. The second-order valence-electron chi connectivity index (χ2n) is 10.4. The second-order valence-corrected chi connectivity index (χ2v) is 10.7.